The number of aryl methyl sites for hydroxylation is 1. The zero-order valence-corrected chi connectivity index (χ0v) is 10.8. The summed E-state index contributed by atoms with van der Waals surface area (Å²) in [5.74, 6) is 1.35. The molecule has 16 heavy (non-hydrogen) atoms. The molecule has 0 bridgehead atoms. The molecule has 0 aliphatic heterocycles. The lowest BCUT2D eigenvalue weighted by Gasteiger charge is -2.20. The smallest absolute Gasteiger partial charge is 0.00470 e. The van der Waals surface area contributed by atoms with Crippen LogP contribution in [-0.4, -0.2) is 11.0 Å². The van der Waals surface area contributed by atoms with E-state index in [0.717, 1.165) is 5.25 Å². The molecule has 0 spiro atoms. The zero-order chi connectivity index (χ0) is 11.1. The first kappa shape index (κ1) is 12.0. The molecule has 1 saturated carbocycles. The highest BCUT2D eigenvalue weighted by Gasteiger charge is 2.12. The lowest BCUT2D eigenvalue weighted by Crippen LogP contribution is -2.08. The van der Waals surface area contributed by atoms with Crippen molar-refractivity contribution in [2.24, 2.45) is 0 Å². The predicted octanol–water partition coefficient (Wildman–Crippen LogP) is 4.69. The Hall–Kier alpha value is -0.430. The quantitative estimate of drug-likeness (QED) is 0.666. The number of hydrogen-bond acceptors (Lipinski definition) is 1. The van der Waals surface area contributed by atoms with Crippen molar-refractivity contribution < 1.29 is 0 Å². The van der Waals surface area contributed by atoms with E-state index in [1.165, 1.54) is 56.3 Å². The summed E-state index contributed by atoms with van der Waals surface area (Å²) >= 11 is 2.22. The molecule has 1 aromatic rings. The Morgan fingerprint density at radius 1 is 1.00 bits per heavy atom. The van der Waals surface area contributed by atoms with E-state index in [4.69, 9.17) is 0 Å². The van der Waals surface area contributed by atoms with Gasteiger partial charge in [-0.15, -0.1) is 0 Å². The van der Waals surface area contributed by atoms with E-state index >= 15 is 0 Å². The normalized spacial score (nSPS) is 17.5. The fraction of sp³-hybridized carbons (Fsp3) is 0.600. The van der Waals surface area contributed by atoms with Crippen LogP contribution in [0, 0.1) is 0 Å². The van der Waals surface area contributed by atoms with Crippen molar-refractivity contribution in [3.05, 3.63) is 35.9 Å². The van der Waals surface area contributed by atoms with Crippen LogP contribution in [-0.2, 0) is 6.42 Å². The molecule has 0 saturated heterocycles. The first-order chi connectivity index (χ1) is 7.95. The third kappa shape index (κ3) is 4.21. The second-order valence-electron chi connectivity index (χ2n) is 4.72. The van der Waals surface area contributed by atoms with Crippen molar-refractivity contribution in [3.8, 4) is 0 Å². The largest absolute Gasteiger partial charge is 0.159 e. The highest BCUT2D eigenvalue weighted by molar-refractivity contribution is 7.99. The van der Waals surface area contributed by atoms with Gasteiger partial charge >= 0.3 is 0 Å². The van der Waals surface area contributed by atoms with Gasteiger partial charge in [0, 0.05) is 5.25 Å². The molecule has 0 unspecified atom stereocenters. The minimum absolute atomic E-state index is 0.976. The second-order valence-corrected chi connectivity index (χ2v) is 6.13. The molecule has 1 aliphatic rings. The summed E-state index contributed by atoms with van der Waals surface area (Å²) in [5.41, 5.74) is 1.49. The lowest BCUT2D eigenvalue weighted by atomic mass is 10.0. The molecular weight excluding hydrogens is 212 g/mol. The predicted molar refractivity (Wildman–Crippen MR) is 74.1 cm³/mol. The zero-order valence-electron chi connectivity index (χ0n) is 10.0. The molecule has 0 aromatic heterocycles. The highest BCUT2D eigenvalue weighted by atomic mass is 32.2. The fourth-order valence-corrected chi connectivity index (χ4v) is 3.71. The number of thioether (sulfide) groups is 1. The summed E-state index contributed by atoms with van der Waals surface area (Å²) < 4.78 is 0. The van der Waals surface area contributed by atoms with Crippen LogP contribution in [0.4, 0.5) is 0 Å². The van der Waals surface area contributed by atoms with Gasteiger partial charge in [0.05, 0.1) is 0 Å². The van der Waals surface area contributed by atoms with Crippen LogP contribution < -0.4 is 0 Å². The Morgan fingerprint density at radius 3 is 2.50 bits per heavy atom. The molecule has 0 nitrogen and oxygen atoms in total. The van der Waals surface area contributed by atoms with Crippen LogP contribution in [0.15, 0.2) is 30.3 Å². The summed E-state index contributed by atoms with van der Waals surface area (Å²) in [7, 11) is 0. The van der Waals surface area contributed by atoms with E-state index in [-0.39, 0.29) is 0 Å². The molecular formula is C15H22S. The van der Waals surface area contributed by atoms with Crippen LogP contribution >= 0.6 is 11.8 Å². The van der Waals surface area contributed by atoms with Gasteiger partial charge in [0.1, 0.15) is 0 Å². The van der Waals surface area contributed by atoms with E-state index in [1.807, 2.05) is 0 Å². The topological polar surface area (TPSA) is 0 Å². The first-order valence-electron chi connectivity index (χ1n) is 6.61. The Morgan fingerprint density at radius 2 is 1.75 bits per heavy atom. The second kappa shape index (κ2) is 7.01. The maximum Gasteiger partial charge on any atom is 0.00470 e. The molecule has 0 heterocycles. The van der Waals surface area contributed by atoms with Gasteiger partial charge in [0.25, 0.3) is 0 Å². The molecule has 2 rings (SSSR count). The summed E-state index contributed by atoms with van der Waals surface area (Å²) in [4.78, 5) is 0. The van der Waals surface area contributed by atoms with Crippen molar-refractivity contribution in [1.29, 1.82) is 0 Å². The molecule has 1 fully saturated rings. The number of hydrogen-bond donors (Lipinski definition) is 0. The highest BCUT2D eigenvalue weighted by Crippen LogP contribution is 2.28. The van der Waals surface area contributed by atoms with Gasteiger partial charge < -0.3 is 0 Å². The molecule has 1 heteroatoms. The van der Waals surface area contributed by atoms with Crippen molar-refractivity contribution in [3.63, 3.8) is 0 Å². The average Bonchev–Trinajstić information content (AvgIpc) is 2.37. The van der Waals surface area contributed by atoms with Crippen LogP contribution in [0.3, 0.4) is 0 Å². The van der Waals surface area contributed by atoms with Crippen molar-refractivity contribution in [2.75, 3.05) is 5.75 Å². The molecule has 0 N–H and O–H groups in total. The van der Waals surface area contributed by atoms with Gasteiger partial charge in [-0.05, 0) is 37.0 Å². The molecule has 0 amide bonds. The van der Waals surface area contributed by atoms with E-state index in [1.54, 1.807) is 0 Å². The van der Waals surface area contributed by atoms with Gasteiger partial charge in [-0.2, -0.15) is 11.8 Å². The van der Waals surface area contributed by atoms with E-state index in [9.17, 15) is 0 Å². The average molecular weight is 234 g/mol. The van der Waals surface area contributed by atoms with Crippen LogP contribution in [0.2, 0.25) is 0 Å². The molecule has 1 aromatic carbocycles. The SMILES string of the molecule is c1ccc(CCCSC2CCCCC2)cc1. The Balaban J connectivity index is 1.58. The van der Waals surface area contributed by atoms with Crippen LogP contribution in [0.25, 0.3) is 0 Å². The molecule has 88 valence electrons. The minimum Gasteiger partial charge on any atom is -0.159 e. The van der Waals surface area contributed by atoms with Gasteiger partial charge in [0.2, 0.25) is 0 Å². The molecule has 0 atom stereocenters. The van der Waals surface area contributed by atoms with Gasteiger partial charge in [-0.1, -0.05) is 49.6 Å². The summed E-state index contributed by atoms with van der Waals surface area (Å²) in [5, 5.41) is 0.976. The summed E-state index contributed by atoms with van der Waals surface area (Å²) in [6.07, 6.45) is 9.94. The first-order valence-corrected chi connectivity index (χ1v) is 7.65. The standard InChI is InChI=1S/C15H22S/c1-3-8-14(9-4-1)10-7-13-16-15-11-5-2-6-12-15/h1,3-4,8-9,15H,2,5-7,10-13H2. The van der Waals surface area contributed by atoms with Crippen LogP contribution in [0.1, 0.15) is 44.1 Å². The van der Waals surface area contributed by atoms with E-state index in [0.29, 0.717) is 0 Å². The monoisotopic (exact) mass is 234 g/mol. The van der Waals surface area contributed by atoms with Gasteiger partial charge in [0.15, 0.2) is 0 Å². The van der Waals surface area contributed by atoms with E-state index < -0.39 is 0 Å². The number of benzene rings is 1. The van der Waals surface area contributed by atoms with Crippen LogP contribution in [0.5, 0.6) is 0 Å². The summed E-state index contributed by atoms with van der Waals surface area (Å²) in [6, 6.07) is 10.9. The Labute approximate surface area is 104 Å². The molecule has 1 aliphatic carbocycles. The summed E-state index contributed by atoms with van der Waals surface area (Å²) in [6.45, 7) is 0. The fourth-order valence-electron chi connectivity index (χ4n) is 2.40. The lowest BCUT2D eigenvalue weighted by molar-refractivity contribution is 0.516. The van der Waals surface area contributed by atoms with Crippen molar-refractivity contribution in [2.45, 2.75) is 50.2 Å². The Kier molecular flexibility index (Phi) is 5.27. The molecule has 0 radical (unpaired) electrons. The maximum absolute atomic E-state index is 2.24. The van der Waals surface area contributed by atoms with Gasteiger partial charge in [-0.3, -0.25) is 0 Å². The van der Waals surface area contributed by atoms with Gasteiger partial charge in [-0.25, -0.2) is 0 Å². The number of rotatable bonds is 5. The minimum atomic E-state index is 0.976. The van der Waals surface area contributed by atoms with E-state index in [2.05, 4.69) is 42.1 Å². The van der Waals surface area contributed by atoms with Crippen molar-refractivity contribution >= 4 is 11.8 Å². The maximum atomic E-state index is 2.24. The third-order valence-electron chi connectivity index (χ3n) is 3.36. The Bertz CT molecular complexity index is 275. The third-order valence-corrected chi connectivity index (χ3v) is 4.83. The van der Waals surface area contributed by atoms with Crippen molar-refractivity contribution in [1.82, 2.24) is 0 Å².